The van der Waals surface area contributed by atoms with Crippen molar-refractivity contribution < 1.29 is 4.79 Å². The number of nitrogens with zero attached hydrogens (tertiary/aromatic N) is 3. The van der Waals surface area contributed by atoms with E-state index in [0.717, 1.165) is 49.4 Å². The van der Waals surface area contributed by atoms with Gasteiger partial charge in [-0.15, -0.1) is 0 Å². The Morgan fingerprint density at radius 3 is 2.57 bits per heavy atom. The van der Waals surface area contributed by atoms with Crippen molar-refractivity contribution in [3.8, 4) is 0 Å². The number of imidazole rings is 1. The Morgan fingerprint density at radius 1 is 1.07 bits per heavy atom. The van der Waals surface area contributed by atoms with Gasteiger partial charge in [0.2, 0.25) is 5.91 Å². The molecule has 1 N–H and O–H groups in total. The number of piperidine rings is 1. The molecule has 3 aromatic rings. The van der Waals surface area contributed by atoms with Gasteiger partial charge in [-0.25, -0.2) is 4.98 Å². The molecule has 1 aromatic heterocycles. The monoisotopic (exact) mass is 376 g/mol. The molecule has 1 aliphatic heterocycles. The van der Waals surface area contributed by atoms with Gasteiger partial charge in [-0.2, -0.15) is 0 Å². The molecule has 2 heterocycles. The summed E-state index contributed by atoms with van der Waals surface area (Å²) in [4.78, 5) is 19.2. The second-order valence-corrected chi connectivity index (χ2v) is 7.74. The third-order valence-electron chi connectivity index (χ3n) is 5.69. The van der Waals surface area contributed by atoms with E-state index in [4.69, 9.17) is 0 Å². The minimum absolute atomic E-state index is 0.110. The summed E-state index contributed by atoms with van der Waals surface area (Å²) >= 11 is 0. The predicted molar refractivity (Wildman–Crippen MR) is 112 cm³/mol. The molecule has 1 saturated heterocycles. The van der Waals surface area contributed by atoms with E-state index in [9.17, 15) is 4.79 Å². The smallest absolute Gasteiger partial charge is 0.234 e. The van der Waals surface area contributed by atoms with Crippen LogP contribution in [-0.4, -0.2) is 40.0 Å². The van der Waals surface area contributed by atoms with Crippen molar-refractivity contribution in [1.29, 1.82) is 0 Å². The van der Waals surface area contributed by atoms with Gasteiger partial charge in [-0.3, -0.25) is 9.69 Å². The molecule has 5 nitrogen and oxygen atoms in total. The number of hydrogen-bond donors (Lipinski definition) is 1. The Morgan fingerprint density at radius 2 is 1.79 bits per heavy atom. The normalized spacial score (nSPS) is 15.8. The Kier molecular flexibility index (Phi) is 5.72. The van der Waals surface area contributed by atoms with Crippen molar-refractivity contribution in [3.05, 3.63) is 66.0 Å². The highest BCUT2D eigenvalue weighted by atomic mass is 16.2. The summed E-state index contributed by atoms with van der Waals surface area (Å²) < 4.78 is 2.35. The van der Waals surface area contributed by atoms with E-state index in [-0.39, 0.29) is 5.91 Å². The summed E-state index contributed by atoms with van der Waals surface area (Å²) in [5.41, 5.74) is 3.44. The summed E-state index contributed by atoms with van der Waals surface area (Å²) in [6.07, 6.45) is 2.25. The van der Waals surface area contributed by atoms with Crippen LogP contribution in [0, 0.1) is 12.8 Å². The highest BCUT2D eigenvalue weighted by Gasteiger charge is 2.22. The van der Waals surface area contributed by atoms with Crippen LogP contribution in [0.25, 0.3) is 11.0 Å². The molecule has 0 spiro atoms. The van der Waals surface area contributed by atoms with E-state index in [1.807, 2.05) is 36.4 Å². The van der Waals surface area contributed by atoms with Crippen LogP contribution in [0.3, 0.4) is 0 Å². The van der Waals surface area contributed by atoms with Gasteiger partial charge in [0.1, 0.15) is 5.82 Å². The first kappa shape index (κ1) is 18.7. The van der Waals surface area contributed by atoms with Crippen molar-refractivity contribution in [2.45, 2.75) is 32.9 Å². The molecule has 4 rings (SSSR count). The SMILES string of the molecule is Cc1nc2ccccc2n1CC1CCN(CC(=O)NCc2ccccc2)CC1. The van der Waals surface area contributed by atoms with Crippen molar-refractivity contribution in [2.75, 3.05) is 19.6 Å². The number of hydrogen-bond acceptors (Lipinski definition) is 3. The number of nitrogens with one attached hydrogen (secondary N) is 1. The van der Waals surface area contributed by atoms with Gasteiger partial charge in [0, 0.05) is 13.1 Å². The number of carbonyl (C=O) groups is 1. The molecule has 28 heavy (non-hydrogen) atoms. The van der Waals surface area contributed by atoms with Crippen LogP contribution < -0.4 is 5.32 Å². The molecular weight excluding hydrogens is 348 g/mol. The zero-order chi connectivity index (χ0) is 19.3. The van der Waals surface area contributed by atoms with Crippen molar-refractivity contribution >= 4 is 16.9 Å². The molecular formula is C23H28N4O. The molecule has 0 unspecified atom stereocenters. The molecule has 1 amide bonds. The standard InChI is InChI=1S/C23H28N4O/c1-18-25-21-9-5-6-10-22(21)27(18)16-20-11-13-26(14-12-20)17-23(28)24-15-19-7-3-2-4-8-19/h2-10,20H,11-17H2,1H3,(H,24,28). The highest BCUT2D eigenvalue weighted by molar-refractivity contribution is 5.78. The number of aromatic nitrogens is 2. The van der Waals surface area contributed by atoms with Crippen LogP contribution in [0.2, 0.25) is 0 Å². The Labute approximate surface area is 166 Å². The molecule has 2 aromatic carbocycles. The number of rotatable bonds is 6. The average Bonchev–Trinajstić information content (AvgIpc) is 3.04. The van der Waals surface area contributed by atoms with E-state index in [0.29, 0.717) is 19.0 Å². The molecule has 5 heteroatoms. The van der Waals surface area contributed by atoms with Crippen LogP contribution in [0.4, 0.5) is 0 Å². The van der Waals surface area contributed by atoms with E-state index in [2.05, 4.69) is 44.9 Å². The van der Waals surface area contributed by atoms with Gasteiger partial charge >= 0.3 is 0 Å². The third-order valence-corrected chi connectivity index (χ3v) is 5.69. The lowest BCUT2D eigenvalue weighted by Gasteiger charge is -2.31. The molecule has 1 aliphatic rings. The summed E-state index contributed by atoms with van der Waals surface area (Å²) in [6.45, 7) is 6.16. The third kappa shape index (κ3) is 4.42. The van der Waals surface area contributed by atoms with Gasteiger partial charge in [-0.1, -0.05) is 42.5 Å². The topological polar surface area (TPSA) is 50.2 Å². The van der Waals surface area contributed by atoms with Gasteiger partial charge in [0.15, 0.2) is 0 Å². The number of aryl methyl sites for hydroxylation is 1. The summed E-state index contributed by atoms with van der Waals surface area (Å²) in [6, 6.07) is 18.4. The van der Waals surface area contributed by atoms with E-state index in [1.54, 1.807) is 0 Å². The van der Waals surface area contributed by atoms with Crippen molar-refractivity contribution in [3.63, 3.8) is 0 Å². The number of amides is 1. The number of fused-ring (bicyclic) bond motifs is 1. The second-order valence-electron chi connectivity index (χ2n) is 7.74. The van der Waals surface area contributed by atoms with Crippen molar-refractivity contribution in [1.82, 2.24) is 19.8 Å². The number of likely N-dealkylation sites (tertiary alicyclic amines) is 1. The number of benzene rings is 2. The van der Waals surface area contributed by atoms with Gasteiger partial charge in [0.25, 0.3) is 0 Å². The maximum absolute atomic E-state index is 12.2. The van der Waals surface area contributed by atoms with E-state index >= 15 is 0 Å². The minimum atomic E-state index is 0.110. The maximum atomic E-state index is 12.2. The predicted octanol–water partition coefficient (Wildman–Crippen LogP) is 3.37. The fourth-order valence-corrected chi connectivity index (χ4v) is 4.07. The van der Waals surface area contributed by atoms with E-state index < -0.39 is 0 Å². The fourth-order valence-electron chi connectivity index (χ4n) is 4.07. The van der Waals surface area contributed by atoms with Gasteiger partial charge in [-0.05, 0) is 56.5 Å². The first-order chi connectivity index (χ1) is 13.7. The number of carbonyl (C=O) groups excluding carboxylic acids is 1. The Balaban J connectivity index is 1.25. The average molecular weight is 377 g/mol. The molecule has 0 bridgehead atoms. The first-order valence-corrected chi connectivity index (χ1v) is 10.1. The summed E-state index contributed by atoms with van der Waals surface area (Å²) in [7, 11) is 0. The molecule has 0 aliphatic carbocycles. The lowest BCUT2D eigenvalue weighted by atomic mass is 9.96. The zero-order valence-corrected chi connectivity index (χ0v) is 16.5. The lowest BCUT2D eigenvalue weighted by molar-refractivity contribution is -0.122. The summed E-state index contributed by atoms with van der Waals surface area (Å²) in [5, 5.41) is 3.03. The Bertz CT molecular complexity index is 926. The second kappa shape index (κ2) is 8.57. The van der Waals surface area contributed by atoms with Gasteiger partial charge in [0.05, 0.1) is 17.6 Å². The van der Waals surface area contributed by atoms with Crippen molar-refractivity contribution in [2.24, 2.45) is 5.92 Å². The quantitative estimate of drug-likeness (QED) is 0.718. The molecule has 0 saturated carbocycles. The van der Waals surface area contributed by atoms with Crippen LogP contribution in [0.5, 0.6) is 0 Å². The minimum Gasteiger partial charge on any atom is -0.351 e. The van der Waals surface area contributed by atoms with E-state index in [1.165, 1.54) is 5.52 Å². The fraction of sp³-hybridized carbons (Fsp3) is 0.391. The lowest BCUT2D eigenvalue weighted by Crippen LogP contribution is -2.41. The zero-order valence-electron chi connectivity index (χ0n) is 16.5. The van der Waals surface area contributed by atoms with Crippen LogP contribution in [0.1, 0.15) is 24.2 Å². The highest BCUT2D eigenvalue weighted by Crippen LogP contribution is 2.23. The molecule has 0 atom stereocenters. The largest absolute Gasteiger partial charge is 0.351 e. The van der Waals surface area contributed by atoms with Crippen LogP contribution in [-0.2, 0) is 17.9 Å². The summed E-state index contributed by atoms with van der Waals surface area (Å²) in [5.74, 6) is 1.84. The van der Waals surface area contributed by atoms with Crippen LogP contribution >= 0.6 is 0 Å². The molecule has 0 radical (unpaired) electrons. The molecule has 1 fully saturated rings. The molecule has 146 valence electrons. The maximum Gasteiger partial charge on any atom is 0.234 e. The first-order valence-electron chi connectivity index (χ1n) is 10.1. The van der Waals surface area contributed by atoms with Gasteiger partial charge < -0.3 is 9.88 Å². The number of para-hydroxylation sites is 2. The Hall–Kier alpha value is -2.66. The van der Waals surface area contributed by atoms with Crippen LogP contribution in [0.15, 0.2) is 54.6 Å².